The third-order valence-corrected chi connectivity index (χ3v) is 5.42. The molecule has 1 amide bonds. The molecule has 3 rings (SSSR count). The molecule has 2 heterocycles. The molecule has 0 radical (unpaired) electrons. The van der Waals surface area contributed by atoms with Crippen LogP contribution in [-0.4, -0.2) is 17.5 Å². The summed E-state index contributed by atoms with van der Waals surface area (Å²) in [4.78, 5) is 18.5. The summed E-state index contributed by atoms with van der Waals surface area (Å²) in [5.74, 6) is 0.686. The molecule has 4 nitrogen and oxygen atoms in total. The number of aryl methyl sites for hydroxylation is 1. The minimum Gasteiger partial charge on any atom is -0.494 e. The quantitative estimate of drug-likeness (QED) is 0.657. The molecule has 0 saturated heterocycles. The Balaban J connectivity index is 1.71. The Kier molecular flexibility index (Phi) is 5.27. The van der Waals surface area contributed by atoms with Crippen molar-refractivity contribution in [3.63, 3.8) is 0 Å². The number of benzene rings is 1. The SMILES string of the molecule is CCCOc1ccc(NC(=O)c2cnc(-c3cccs3)s2)c(C)c1. The first-order chi connectivity index (χ1) is 11.7. The Hall–Kier alpha value is -2.18. The van der Waals surface area contributed by atoms with Crippen molar-refractivity contribution in [2.24, 2.45) is 0 Å². The number of carbonyl (C=O) groups excluding carboxylic acids is 1. The molecule has 0 fully saturated rings. The molecule has 0 atom stereocenters. The fourth-order valence-electron chi connectivity index (χ4n) is 2.16. The molecule has 124 valence electrons. The Morgan fingerprint density at radius 3 is 2.92 bits per heavy atom. The monoisotopic (exact) mass is 358 g/mol. The van der Waals surface area contributed by atoms with Crippen LogP contribution in [0, 0.1) is 6.92 Å². The van der Waals surface area contributed by atoms with Crippen molar-refractivity contribution in [1.82, 2.24) is 4.98 Å². The minimum atomic E-state index is -0.138. The van der Waals surface area contributed by atoms with Crippen molar-refractivity contribution in [3.05, 3.63) is 52.3 Å². The van der Waals surface area contributed by atoms with Crippen LogP contribution in [0.4, 0.5) is 5.69 Å². The Morgan fingerprint density at radius 1 is 1.33 bits per heavy atom. The predicted molar refractivity (Wildman–Crippen MR) is 100 cm³/mol. The number of thiazole rings is 1. The van der Waals surface area contributed by atoms with E-state index < -0.39 is 0 Å². The van der Waals surface area contributed by atoms with E-state index in [-0.39, 0.29) is 5.91 Å². The van der Waals surface area contributed by atoms with Crippen molar-refractivity contribution in [2.75, 3.05) is 11.9 Å². The van der Waals surface area contributed by atoms with Gasteiger partial charge in [0.25, 0.3) is 5.91 Å². The zero-order valence-corrected chi connectivity index (χ0v) is 15.2. The minimum absolute atomic E-state index is 0.138. The van der Waals surface area contributed by atoms with Crippen LogP contribution in [0.5, 0.6) is 5.75 Å². The van der Waals surface area contributed by atoms with Crippen LogP contribution in [0.2, 0.25) is 0 Å². The van der Waals surface area contributed by atoms with Crippen LogP contribution >= 0.6 is 22.7 Å². The van der Waals surface area contributed by atoms with Gasteiger partial charge in [-0.3, -0.25) is 4.79 Å². The van der Waals surface area contributed by atoms with Crippen LogP contribution in [0.1, 0.15) is 28.6 Å². The van der Waals surface area contributed by atoms with Crippen LogP contribution in [0.3, 0.4) is 0 Å². The number of ether oxygens (including phenoxy) is 1. The molecule has 0 bridgehead atoms. The molecule has 3 aromatic rings. The number of thiophene rings is 1. The van der Waals surface area contributed by atoms with Crippen LogP contribution in [0.25, 0.3) is 9.88 Å². The molecule has 2 aromatic heterocycles. The Labute approximate surface area is 149 Å². The fourth-order valence-corrected chi connectivity index (χ4v) is 3.78. The maximum absolute atomic E-state index is 12.4. The predicted octanol–water partition coefficient (Wildman–Crippen LogP) is 5.22. The lowest BCUT2D eigenvalue weighted by molar-refractivity contribution is 0.103. The summed E-state index contributed by atoms with van der Waals surface area (Å²) in [5, 5.41) is 5.82. The Bertz CT molecular complexity index is 825. The molecule has 0 saturated carbocycles. The second-order valence-electron chi connectivity index (χ2n) is 5.29. The first-order valence-electron chi connectivity index (χ1n) is 7.72. The summed E-state index contributed by atoms with van der Waals surface area (Å²) >= 11 is 3.02. The van der Waals surface area contributed by atoms with E-state index in [1.165, 1.54) is 11.3 Å². The highest BCUT2D eigenvalue weighted by molar-refractivity contribution is 7.22. The third kappa shape index (κ3) is 3.83. The fraction of sp³-hybridized carbons (Fsp3) is 0.222. The zero-order chi connectivity index (χ0) is 16.9. The van der Waals surface area contributed by atoms with Crippen molar-refractivity contribution in [3.8, 4) is 15.6 Å². The smallest absolute Gasteiger partial charge is 0.267 e. The van der Waals surface area contributed by atoms with Gasteiger partial charge in [-0.1, -0.05) is 13.0 Å². The van der Waals surface area contributed by atoms with Crippen molar-refractivity contribution < 1.29 is 9.53 Å². The molecule has 24 heavy (non-hydrogen) atoms. The number of amides is 1. The first-order valence-corrected chi connectivity index (χ1v) is 9.41. The van der Waals surface area contributed by atoms with Gasteiger partial charge in [0.2, 0.25) is 0 Å². The first kappa shape index (κ1) is 16.7. The molecule has 0 aliphatic heterocycles. The highest BCUT2D eigenvalue weighted by Crippen LogP contribution is 2.29. The molecular weight excluding hydrogens is 340 g/mol. The topological polar surface area (TPSA) is 51.2 Å². The number of hydrogen-bond acceptors (Lipinski definition) is 5. The van der Waals surface area contributed by atoms with E-state index in [2.05, 4.69) is 17.2 Å². The van der Waals surface area contributed by atoms with Crippen molar-refractivity contribution in [1.29, 1.82) is 0 Å². The summed E-state index contributed by atoms with van der Waals surface area (Å²) < 4.78 is 5.61. The van der Waals surface area contributed by atoms with Gasteiger partial charge in [0.1, 0.15) is 15.6 Å². The van der Waals surface area contributed by atoms with Gasteiger partial charge in [0, 0.05) is 5.69 Å². The number of hydrogen-bond donors (Lipinski definition) is 1. The summed E-state index contributed by atoms with van der Waals surface area (Å²) in [5.41, 5.74) is 1.76. The maximum Gasteiger partial charge on any atom is 0.267 e. The van der Waals surface area contributed by atoms with E-state index in [9.17, 15) is 4.79 Å². The molecular formula is C18H18N2O2S2. The molecule has 1 N–H and O–H groups in total. The molecule has 0 aliphatic carbocycles. The van der Waals surface area contributed by atoms with Crippen molar-refractivity contribution >= 4 is 34.3 Å². The van der Waals surface area contributed by atoms with Crippen LogP contribution in [-0.2, 0) is 0 Å². The highest BCUT2D eigenvalue weighted by Gasteiger charge is 2.13. The lowest BCUT2D eigenvalue weighted by atomic mass is 10.2. The van der Waals surface area contributed by atoms with Gasteiger partial charge in [-0.05, 0) is 48.6 Å². The zero-order valence-electron chi connectivity index (χ0n) is 13.5. The van der Waals surface area contributed by atoms with Gasteiger partial charge in [-0.25, -0.2) is 4.98 Å². The second-order valence-corrected chi connectivity index (χ2v) is 7.26. The summed E-state index contributed by atoms with van der Waals surface area (Å²) in [7, 11) is 0. The number of carbonyl (C=O) groups is 1. The molecule has 1 aromatic carbocycles. The highest BCUT2D eigenvalue weighted by atomic mass is 32.1. The van der Waals surface area contributed by atoms with E-state index in [4.69, 9.17) is 4.74 Å². The third-order valence-electron chi connectivity index (χ3n) is 3.38. The summed E-state index contributed by atoms with van der Waals surface area (Å²) in [6.07, 6.45) is 2.60. The standard InChI is InChI=1S/C18H18N2O2S2/c1-3-8-22-13-6-7-14(12(2)10-13)20-17(21)16-11-19-18(24-16)15-5-4-9-23-15/h4-7,9-11H,3,8H2,1-2H3,(H,20,21). The van der Waals surface area contributed by atoms with E-state index >= 15 is 0 Å². The number of nitrogens with one attached hydrogen (secondary N) is 1. The van der Waals surface area contributed by atoms with Crippen molar-refractivity contribution in [2.45, 2.75) is 20.3 Å². The average molecular weight is 358 g/mol. The molecule has 6 heteroatoms. The van der Waals surface area contributed by atoms with E-state index in [1.807, 2.05) is 42.6 Å². The van der Waals surface area contributed by atoms with E-state index in [0.717, 1.165) is 33.3 Å². The molecule has 0 unspecified atom stereocenters. The average Bonchev–Trinajstić information content (AvgIpc) is 3.26. The summed E-state index contributed by atoms with van der Waals surface area (Å²) in [6.45, 7) is 4.72. The van der Waals surface area contributed by atoms with E-state index in [1.54, 1.807) is 17.5 Å². The number of aromatic nitrogens is 1. The normalized spacial score (nSPS) is 10.6. The Morgan fingerprint density at radius 2 is 2.21 bits per heavy atom. The van der Waals surface area contributed by atoms with Gasteiger partial charge >= 0.3 is 0 Å². The number of nitrogens with zero attached hydrogens (tertiary/aromatic N) is 1. The van der Waals surface area contributed by atoms with Crippen LogP contribution < -0.4 is 10.1 Å². The lowest BCUT2D eigenvalue weighted by Gasteiger charge is -2.10. The van der Waals surface area contributed by atoms with Gasteiger partial charge in [0.05, 0.1) is 17.7 Å². The van der Waals surface area contributed by atoms with Gasteiger partial charge in [0.15, 0.2) is 0 Å². The van der Waals surface area contributed by atoms with Gasteiger partial charge < -0.3 is 10.1 Å². The van der Waals surface area contributed by atoms with Gasteiger partial charge in [-0.2, -0.15) is 0 Å². The second kappa shape index (κ2) is 7.59. The van der Waals surface area contributed by atoms with E-state index in [0.29, 0.717) is 11.5 Å². The largest absolute Gasteiger partial charge is 0.494 e. The lowest BCUT2D eigenvalue weighted by Crippen LogP contribution is -2.11. The van der Waals surface area contributed by atoms with Crippen LogP contribution in [0.15, 0.2) is 41.9 Å². The number of anilines is 1. The van der Waals surface area contributed by atoms with Gasteiger partial charge in [-0.15, -0.1) is 22.7 Å². The maximum atomic E-state index is 12.4. The summed E-state index contributed by atoms with van der Waals surface area (Å²) in [6, 6.07) is 9.67. The number of rotatable bonds is 6. The molecule has 0 aliphatic rings. The molecule has 0 spiro atoms.